The summed E-state index contributed by atoms with van der Waals surface area (Å²) in [5.74, 6) is 0.689. The molecule has 152 valence electrons. The predicted molar refractivity (Wildman–Crippen MR) is 115 cm³/mol. The van der Waals surface area contributed by atoms with E-state index in [0.717, 1.165) is 23.7 Å². The highest BCUT2D eigenvalue weighted by molar-refractivity contribution is 6.76. The Kier molecular flexibility index (Phi) is 5.87. The molecule has 0 unspecified atom stereocenters. The average Bonchev–Trinajstić information content (AvgIpc) is 3.13. The Hall–Kier alpha value is -1.48. The number of aromatic nitrogens is 3. The fourth-order valence-corrected chi connectivity index (χ4v) is 3.55. The van der Waals surface area contributed by atoms with Crippen LogP contribution in [-0.2, 0) is 20.8 Å². The first-order valence-electron chi connectivity index (χ1n) is 9.90. The van der Waals surface area contributed by atoms with Crippen LogP contribution in [0.15, 0.2) is 30.6 Å². The molecule has 8 heteroatoms. The van der Waals surface area contributed by atoms with Crippen molar-refractivity contribution in [1.29, 1.82) is 0 Å². The van der Waals surface area contributed by atoms with E-state index in [4.69, 9.17) is 14.0 Å². The lowest BCUT2D eigenvalue weighted by molar-refractivity contribution is 0.00578. The van der Waals surface area contributed by atoms with Gasteiger partial charge in [0.25, 0.3) is 0 Å². The van der Waals surface area contributed by atoms with E-state index < -0.39 is 8.07 Å². The maximum Gasteiger partial charge on any atom is 0.494 e. The molecule has 1 aromatic carbocycles. The summed E-state index contributed by atoms with van der Waals surface area (Å²) in [4.78, 5) is 4.41. The maximum atomic E-state index is 6.11. The quantitative estimate of drug-likeness (QED) is 0.525. The van der Waals surface area contributed by atoms with Gasteiger partial charge in [0.1, 0.15) is 13.1 Å². The largest absolute Gasteiger partial charge is 0.494 e. The standard InChI is InChI=1S/C20H32BN3O3Si/c1-19(2)20(3,4)27-21(26-19)17-10-8-16(9-11-17)18-22-14-24(23-18)15-25-12-13-28(5,6)7/h8-11,14H,12-13,15H2,1-7H3. The van der Waals surface area contributed by atoms with Crippen molar-refractivity contribution in [3.63, 3.8) is 0 Å². The fraction of sp³-hybridized carbons (Fsp3) is 0.600. The van der Waals surface area contributed by atoms with Crippen LogP contribution in [0.3, 0.4) is 0 Å². The summed E-state index contributed by atoms with van der Waals surface area (Å²) in [6.45, 7) is 16.5. The molecule has 0 radical (unpaired) electrons. The predicted octanol–water partition coefficient (Wildman–Crippen LogP) is 3.56. The normalized spacial score (nSPS) is 18.6. The zero-order chi connectivity index (χ0) is 20.6. The molecule has 0 saturated carbocycles. The van der Waals surface area contributed by atoms with Gasteiger partial charge in [0, 0.05) is 20.2 Å². The molecule has 3 rings (SSSR count). The van der Waals surface area contributed by atoms with Gasteiger partial charge in [-0.3, -0.25) is 0 Å². The molecule has 1 saturated heterocycles. The van der Waals surface area contributed by atoms with E-state index in [1.165, 1.54) is 0 Å². The summed E-state index contributed by atoms with van der Waals surface area (Å²) in [5.41, 5.74) is 1.27. The number of benzene rings is 1. The lowest BCUT2D eigenvalue weighted by atomic mass is 9.79. The van der Waals surface area contributed by atoms with Crippen molar-refractivity contribution in [1.82, 2.24) is 14.8 Å². The molecule has 28 heavy (non-hydrogen) atoms. The minimum absolute atomic E-state index is 0.341. The molecule has 0 amide bonds. The van der Waals surface area contributed by atoms with Crippen LogP contribution in [0, 0.1) is 0 Å². The van der Waals surface area contributed by atoms with Gasteiger partial charge in [-0.2, -0.15) is 0 Å². The number of ether oxygens (including phenoxy) is 1. The second kappa shape index (κ2) is 7.74. The maximum absolute atomic E-state index is 6.11. The Morgan fingerprint density at radius 3 is 2.21 bits per heavy atom. The van der Waals surface area contributed by atoms with Crippen LogP contribution in [0.4, 0.5) is 0 Å². The third kappa shape index (κ3) is 4.92. The van der Waals surface area contributed by atoms with Crippen LogP contribution >= 0.6 is 0 Å². The molecule has 1 aliphatic rings. The minimum atomic E-state index is -1.07. The SMILES string of the molecule is CC1(C)OB(c2ccc(-c3ncn(COCC[Si](C)(C)C)n3)cc2)OC1(C)C. The number of hydrogen-bond acceptors (Lipinski definition) is 5. The van der Waals surface area contributed by atoms with Gasteiger partial charge in [0.15, 0.2) is 5.82 Å². The van der Waals surface area contributed by atoms with Crippen molar-refractivity contribution >= 4 is 20.7 Å². The fourth-order valence-electron chi connectivity index (χ4n) is 2.79. The van der Waals surface area contributed by atoms with Crippen molar-refractivity contribution in [3.8, 4) is 11.4 Å². The number of hydrogen-bond donors (Lipinski definition) is 0. The first kappa shape index (κ1) is 21.2. The molecule has 1 aromatic heterocycles. The Balaban J connectivity index is 1.60. The molecule has 0 N–H and O–H groups in total. The van der Waals surface area contributed by atoms with Gasteiger partial charge in [-0.25, -0.2) is 9.67 Å². The van der Waals surface area contributed by atoms with E-state index in [1.54, 1.807) is 11.0 Å². The summed E-state index contributed by atoms with van der Waals surface area (Å²) in [7, 11) is -1.43. The van der Waals surface area contributed by atoms with E-state index in [2.05, 4.69) is 57.4 Å². The van der Waals surface area contributed by atoms with Gasteiger partial charge in [0.2, 0.25) is 0 Å². The Morgan fingerprint density at radius 2 is 1.64 bits per heavy atom. The lowest BCUT2D eigenvalue weighted by Gasteiger charge is -2.32. The topological polar surface area (TPSA) is 58.4 Å². The molecular formula is C20H32BN3O3Si. The van der Waals surface area contributed by atoms with E-state index in [-0.39, 0.29) is 18.3 Å². The summed E-state index contributed by atoms with van der Waals surface area (Å²) >= 11 is 0. The van der Waals surface area contributed by atoms with Crippen LogP contribution in [0.5, 0.6) is 0 Å². The third-order valence-corrected chi connectivity index (χ3v) is 7.15. The molecule has 2 heterocycles. The van der Waals surface area contributed by atoms with E-state index >= 15 is 0 Å². The number of nitrogens with zero attached hydrogens (tertiary/aromatic N) is 3. The Labute approximate surface area is 169 Å². The molecule has 0 aliphatic carbocycles. The van der Waals surface area contributed by atoms with Crippen molar-refractivity contribution in [2.45, 2.75) is 71.3 Å². The van der Waals surface area contributed by atoms with Crippen molar-refractivity contribution < 1.29 is 14.0 Å². The van der Waals surface area contributed by atoms with Crippen molar-refractivity contribution in [2.24, 2.45) is 0 Å². The van der Waals surface area contributed by atoms with E-state index in [9.17, 15) is 0 Å². The zero-order valence-electron chi connectivity index (χ0n) is 18.2. The highest BCUT2D eigenvalue weighted by Crippen LogP contribution is 2.36. The molecule has 1 fully saturated rings. The molecule has 0 atom stereocenters. The molecule has 2 aromatic rings. The highest BCUT2D eigenvalue weighted by atomic mass is 28.3. The highest BCUT2D eigenvalue weighted by Gasteiger charge is 2.51. The first-order chi connectivity index (χ1) is 13.0. The summed E-state index contributed by atoms with van der Waals surface area (Å²) in [6.07, 6.45) is 1.71. The van der Waals surface area contributed by atoms with Gasteiger partial charge in [-0.15, -0.1) is 5.10 Å². The Bertz CT molecular complexity index is 784. The second-order valence-corrected chi connectivity index (χ2v) is 15.3. The summed E-state index contributed by atoms with van der Waals surface area (Å²) < 4.78 is 19.7. The number of rotatable bonds is 7. The van der Waals surface area contributed by atoms with Crippen LogP contribution in [0.2, 0.25) is 25.7 Å². The van der Waals surface area contributed by atoms with Gasteiger partial charge in [-0.1, -0.05) is 43.9 Å². The van der Waals surface area contributed by atoms with Crippen LogP contribution in [-0.4, -0.2) is 47.8 Å². The lowest BCUT2D eigenvalue weighted by Crippen LogP contribution is -2.41. The zero-order valence-corrected chi connectivity index (χ0v) is 19.2. The molecular weight excluding hydrogens is 369 g/mol. The Morgan fingerprint density at radius 1 is 1.04 bits per heavy atom. The van der Waals surface area contributed by atoms with Gasteiger partial charge >= 0.3 is 7.12 Å². The smallest absolute Gasteiger partial charge is 0.399 e. The minimum Gasteiger partial charge on any atom is -0.399 e. The second-order valence-electron chi connectivity index (χ2n) is 9.67. The molecule has 0 bridgehead atoms. The third-order valence-electron chi connectivity index (χ3n) is 5.45. The van der Waals surface area contributed by atoms with Crippen molar-refractivity contribution in [2.75, 3.05) is 6.61 Å². The van der Waals surface area contributed by atoms with E-state index in [0.29, 0.717) is 12.6 Å². The average molecular weight is 401 g/mol. The van der Waals surface area contributed by atoms with Crippen LogP contribution < -0.4 is 5.46 Å². The monoisotopic (exact) mass is 401 g/mol. The van der Waals surface area contributed by atoms with Gasteiger partial charge in [0.05, 0.1) is 11.2 Å². The summed E-state index contributed by atoms with van der Waals surface area (Å²) in [5, 5.41) is 4.52. The van der Waals surface area contributed by atoms with Gasteiger partial charge < -0.3 is 14.0 Å². The first-order valence-corrected chi connectivity index (χ1v) is 13.6. The van der Waals surface area contributed by atoms with Crippen molar-refractivity contribution in [3.05, 3.63) is 30.6 Å². The molecule has 6 nitrogen and oxygen atoms in total. The summed E-state index contributed by atoms with van der Waals surface area (Å²) in [6, 6.07) is 9.19. The van der Waals surface area contributed by atoms with Gasteiger partial charge in [-0.05, 0) is 39.2 Å². The van der Waals surface area contributed by atoms with Crippen LogP contribution in [0.25, 0.3) is 11.4 Å². The van der Waals surface area contributed by atoms with E-state index in [1.807, 2.05) is 24.3 Å². The molecule has 1 aliphatic heterocycles. The van der Waals surface area contributed by atoms with Crippen LogP contribution in [0.1, 0.15) is 27.7 Å². The molecule has 0 spiro atoms.